The molecule has 1 N–H and O–H groups in total. The summed E-state index contributed by atoms with van der Waals surface area (Å²) in [5, 5.41) is 3.01. The number of rotatable bonds is 8. The van der Waals surface area contributed by atoms with Crippen molar-refractivity contribution in [1.29, 1.82) is 0 Å². The zero-order valence-corrected chi connectivity index (χ0v) is 20.0. The molecule has 0 bridgehead atoms. The highest BCUT2D eigenvalue weighted by molar-refractivity contribution is 6.05. The van der Waals surface area contributed by atoms with E-state index in [1.807, 2.05) is 0 Å². The van der Waals surface area contributed by atoms with Crippen LogP contribution in [-0.2, 0) is 6.18 Å². The Kier molecular flexibility index (Phi) is 7.42. The van der Waals surface area contributed by atoms with Crippen LogP contribution < -0.4 is 5.56 Å². The molecule has 0 fully saturated rings. The van der Waals surface area contributed by atoms with Crippen molar-refractivity contribution >= 4 is 11.7 Å². The molecule has 0 radical (unpaired) electrons. The van der Waals surface area contributed by atoms with Gasteiger partial charge in [-0.15, -0.1) is 0 Å². The van der Waals surface area contributed by atoms with E-state index < -0.39 is 35.5 Å². The van der Waals surface area contributed by atoms with E-state index in [4.69, 9.17) is 0 Å². The Hall–Kier alpha value is -4.40. The van der Waals surface area contributed by atoms with E-state index in [9.17, 15) is 27.6 Å². The fourth-order valence-corrected chi connectivity index (χ4v) is 4.05. The fraction of sp³-hybridized carbons (Fsp3) is 0.179. The lowest BCUT2D eigenvalue weighted by Gasteiger charge is -2.22. The molecule has 0 atom stereocenters. The molecule has 0 unspecified atom stereocenters. The van der Waals surface area contributed by atoms with Crippen molar-refractivity contribution in [2.75, 3.05) is 13.1 Å². The van der Waals surface area contributed by atoms with Crippen molar-refractivity contribution in [3.63, 3.8) is 0 Å². The van der Waals surface area contributed by atoms with Gasteiger partial charge >= 0.3 is 6.18 Å². The maximum atomic E-state index is 13.5. The first-order valence-electron chi connectivity index (χ1n) is 11.7. The van der Waals surface area contributed by atoms with Crippen LogP contribution in [0, 0.1) is 0 Å². The second kappa shape index (κ2) is 10.7. The van der Waals surface area contributed by atoms with Gasteiger partial charge in [0.05, 0.1) is 23.5 Å². The van der Waals surface area contributed by atoms with Crippen LogP contribution >= 0.6 is 0 Å². The summed E-state index contributed by atoms with van der Waals surface area (Å²) in [6.45, 7) is 1.44. The van der Waals surface area contributed by atoms with Crippen molar-refractivity contribution < 1.29 is 22.8 Å². The number of H-pyrrole nitrogens is 1. The number of carbonyl (C=O) groups excluding carboxylic acids is 2. The Bertz CT molecular complexity index is 1460. The number of aromatic amines is 1. The Labute approximate surface area is 211 Å². The largest absolute Gasteiger partial charge is 0.416 e. The predicted octanol–water partition coefficient (Wildman–Crippen LogP) is 5.59. The lowest BCUT2D eigenvalue weighted by Crippen LogP contribution is -2.38. The lowest BCUT2D eigenvalue weighted by atomic mass is 10.0. The van der Waals surface area contributed by atoms with Crippen LogP contribution in [0.25, 0.3) is 16.9 Å². The quantitative estimate of drug-likeness (QED) is 0.316. The number of hydrogen-bond acceptors (Lipinski definition) is 3. The SMILES string of the molecule is CCCN(CC(=O)c1c(-c2ccccc2)[nH]n(-c2ccccc2)c1=O)C(=O)c1cccc(C(F)(F)F)c1. The van der Waals surface area contributed by atoms with E-state index in [0.717, 1.165) is 18.2 Å². The Morgan fingerprint density at radius 3 is 2.19 bits per heavy atom. The van der Waals surface area contributed by atoms with Gasteiger partial charge in [0.25, 0.3) is 11.5 Å². The van der Waals surface area contributed by atoms with E-state index in [1.54, 1.807) is 67.6 Å². The monoisotopic (exact) mass is 507 g/mol. The van der Waals surface area contributed by atoms with Gasteiger partial charge in [-0.25, -0.2) is 4.68 Å². The average molecular weight is 508 g/mol. The minimum atomic E-state index is -4.61. The second-order valence-corrected chi connectivity index (χ2v) is 8.43. The standard InChI is InChI=1S/C28H24F3N3O3/c1-2-16-33(26(36)20-12-9-13-21(17-20)28(29,30)31)18-23(35)24-25(19-10-5-3-6-11-19)32-34(27(24)37)22-14-7-4-8-15-22/h3-15,17,32H,2,16,18H2,1H3. The third kappa shape index (κ3) is 5.55. The molecule has 0 aliphatic rings. The summed E-state index contributed by atoms with van der Waals surface area (Å²) in [7, 11) is 0. The summed E-state index contributed by atoms with van der Waals surface area (Å²) < 4.78 is 40.8. The van der Waals surface area contributed by atoms with E-state index in [2.05, 4.69) is 5.10 Å². The van der Waals surface area contributed by atoms with Crippen molar-refractivity contribution in [3.8, 4) is 16.9 Å². The van der Waals surface area contributed by atoms with Gasteiger partial charge in [-0.05, 0) is 36.8 Å². The maximum absolute atomic E-state index is 13.5. The number of Topliss-reactive ketones (excluding diaryl/α,β-unsaturated/α-hetero) is 1. The Morgan fingerprint density at radius 2 is 1.57 bits per heavy atom. The van der Waals surface area contributed by atoms with E-state index in [1.165, 1.54) is 15.6 Å². The smallest absolute Gasteiger partial charge is 0.331 e. The topological polar surface area (TPSA) is 75.2 Å². The highest BCUT2D eigenvalue weighted by Gasteiger charge is 2.32. The summed E-state index contributed by atoms with van der Waals surface area (Å²) in [4.78, 5) is 41.3. The molecular weight excluding hydrogens is 483 g/mol. The zero-order valence-electron chi connectivity index (χ0n) is 20.0. The number of carbonyl (C=O) groups is 2. The first-order chi connectivity index (χ1) is 17.7. The molecule has 0 aliphatic heterocycles. The van der Waals surface area contributed by atoms with Gasteiger partial charge in [0, 0.05) is 17.7 Å². The molecule has 6 nitrogen and oxygen atoms in total. The summed E-state index contributed by atoms with van der Waals surface area (Å²) in [5.74, 6) is -1.34. The Morgan fingerprint density at radius 1 is 0.919 bits per heavy atom. The highest BCUT2D eigenvalue weighted by atomic mass is 19.4. The van der Waals surface area contributed by atoms with Gasteiger partial charge in [-0.2, -0.15) is 13.2 Å². The second-order valence-electron chi connectivity index (χ2n) is 8.43. The molecule has 190 valence electrons. The molecule has 3 aromatic carbocycles. The minimum absolute atomic E-state index is 0.124. The first kappa shape index (κ1) is 25.7. The molecule has 1 heterocycles. The van der Waals surface area contributed by atoms with Crippen LogP contribution in [0.2, 0.25) is 0 Å². The number of nitrogens with one attached hydrogen (secondary N) is 1. The first-order valence-corrected chi connectivity index (χ1v) is 11.7. The van der Waals surface area contributed by atoms with Gasteiger partial charge in [0.15, 0.2) is 5.78 Å². The van der Waals surface area contributed by atoms with Gasteiger partial charge in [0.2, 0.25) is 0 Å². The molecule has 37 heavy (non-hydrogen) atoms. The van der Waals surface area contributed by atoms with Crippen molar-refractivity contribution in [3.05, 3.63) is 112 Å². The number of para-hydroxylation sites is 1. The third-order valence-electron chi connectivity index (χ3n) is 5.80. The van der Waals surface area contributed by atoms with Crippen LogP contribution in [0.4, 0.5) is 13.2 Å². The lowest BCUT2D eigenvalue weighted by molar-refractivity contribution is -0.137. The Balaban J connectivity index is 1.73. The molecule has 1 amide bonds. The molecule has 0 saturated heterocycles. The number of alkyl halides is 3. The molecule has 4 aromatic rings. The normalized spacial score (nSPS) is 11.4. The molecule has 0 saturated carbocycles. The summed E-state index contributed by atoms with van der Waals surface area (Å²) >= 11 is 0. The number of benzene rings is 3. The van der Waals surface area contributed by atoms with Crippen LogP contribution in [-0.4, -0.2) is 39.5 Å². The van der Waals surface area contributed by atoms with Crippen molar-refractivity contribution in [1.82, 2.24) is 14.7 Å². The summed E-state index contributed by atoms with van der Waals surface area (Å²) in [6, 6.07) is 21.6. The van der Waals surface area contributed by atoms with Crippen LogP contribution in [0.5, 0.6) is 0 Å². The van der Waals surface area contributed by atoms with E-state index in [-0.39, 0.29) is 17.7 Å². The minimum Gasteiger partial charge on any atom is -0.331 e. The molecule has 9 heteroatoms. The highest BCUT2D eigenvalue weighted by Crippen LogP contribution is 2.30. The van der Waals surface area contributed by atoms with Gasteiger partial charge in [-0.3, -0.25) is 19.5 Å². The average Bonchev–Trinajstić information content (AvgIpc) is 3.25. The van der Waals surface area contributed by atoms with Crippen LogP contribution in [0.15, 0.2) is 89.7 Å². The van der Waals surface area contributed by atoms with Gasteiger partial charge < -0.3 is 4.90 Å². The van der Waals surface area contributed by atoms with Gasteiger partial charge in [0.1, 0.15) is 5.56 Å². The number of ketones is 1. The maximum Gasteiger partial charge on any atom is 0.416 e. The summed E-state index contributed by atoms with van der Waals surface area (Å²) in [5.41, 5.74) is -0.439. The molecule has 0 spiro atoms. The van der Waals surface area contributed by atoms with E-state index >= 15 is 0 Å². The molecule has 1 aromatic heterocycles. The number of aromatic nitrogens is 2. The third-order valence-corrected chi connectivity index (χ3v) is 5.80. The number of halogens is 3. The predicted molar refractivity (Wildman–Crippen MR) is 134 cm³/mol. The number of nitrogens with zero attached hydrogens (tertiary/aromatic N) is 2. The number of amides is 1. The molecule has 4 rings (SSSR count). The zero-order chi connectivity index (χ0) is 26.6. The van der Waals surface area contributed by atoms with Gasteiger partial charge in [-0.1, -0.05) is 61.5 Å². The molecular formula is C28H24F3N3O3. The van der Waals surface area contributed by atoms with E-state index in [0.29, 0.717) is 23.4 Å². The molecule has 0 aliphatic carbocycles. The summed E-state index contributed by atoms with van der Waals surface area (Å²) in [6.07, 6.45) is -4.15. The van der Waals surface area contributed by atoms with Crippen LogP contribution in [0.1, 0.15) is 39.6 Å². The number of hydrogen-bond donors (Lipinski definition) is 1. The van der Waals surface area contributed by atoms with Crippen molar-refractivity contribution in [2.45, 2.75) is 19.5 Å². The fourth-order valence-electron chi connectivity index (χ4n) is 4.05. The van der Waals surface area contributed by atoms with Crippen LogP contribution in [0.3, 0.4) is 0 Å². The van der Waals surface area contributed by atoms with Crippen molar-refractivity contribution in [2.24, 2.45) is 0 Å².